The van der Waals surface area contributed by atoms with Crippen molar-refractivity contribution in [3.63, 3.8) is 0 Å². The van der Waals surface area contributed by atoms with Gasteiger partial charge in [-0.25, -0.2) is 9.67 Å². The molecule has 0 bridgehead atoms. The summed E-state index contributed by atoms with van der Waals surface area (Å²) < 4.78 is 1.74. The van der Waals surface area contributed by atoms with Crippen LogP contribution < -0.4 is 5.32 Å². The number of aryl methyl sites for hydroxylation is 1. The lowest BCUT2D eigenvalue weighted by Gasteiger charge is -2.06. The number of aromatic nitrogens is 3. The molecule has 0 saturated heterocycles. The Balaban J connectivity index is 1.45. The molecule has 2 rings (SSSR count). The van der Waals surface area contributed by atoms with Crippen LogP contribution in [0.5, 0.6) is 0 Å². The maximum atomic E-state index is 12.2. The molecule has 1 aromatic carbocycles. The van der Waals surface area contributed by atoms with Crippen LogP contribution in [0.2, 0.25) is 0 Å². The minimum Gasteiger partial charge on any atom is -0.326 e. The number of nitrogens with zero attached hydrogens (tertiary/aromatic N) is 3. The van der Waals surface area contributed by atoms with Crippen molar-refractivity contribution >= 4 is 11.6 Å². The van der Waals surface area contributed by atoms with Crippen molar-refractivity contribution in [3.05, 3.63) is 42.7 Å². The second-order valence-electron chi connectivity index (χ2n) is 8.67. The van der Waals surface area contributed by atoms with Crippen LogP contribution in [-0.2, 0) is 11.8 Å². The maximum Gasteiger partial charge on any atom is 0.224 e. The molecule has 0 aliphatic rings. The molecule has 0 unspecified atom stereocenters. The SMILES string of the molecule is CCCCCCCC/C=C\CCCCCCCC(=O)Nc1ccc(-c2ncnn2C)cc1. The third-order valence-electron chi connectivity index (χ3n) is 5.80. The lowest BCUT2D eigenvalue weighted by molar-refractivity contribution is -0.116. The Labute approximate surface area is 194 Å². The molecule has 1 amide bonds. The molecule has 0 aliphatic heterocycles. The topological polar surface area (TPSA) is 59.8 Å². The Morgan fingerprint density at radius 1 is 0.875 bits per heavy atom. The van der Waals surface area contributed by atoms with Crippen LogP contribution in [-0.4, -0.2) is 20.7 Å². The molecule has 176 valence electrons. The average molecular weight is 439 g/mol. The number of carbonyl (C=O) groups excluding carboxylic acids is 1. The van der Waals surface area contributed by atoms with Gasteiger partial charge in [-0.05, 0) is 56.4 Å². The summed E-state index contributed by atoms with van der Waals surface area (Å²) in [6.45, 7) is 2.27. The van der Waals surface area contributed by atoms with Gasteiger partial charge < -0.3 is 5.32 Å². The first-order chi connectivity index (χ1) is 15.7. The number of amides is 1. The summed E-state index contributed by atoms with van der Waals surface area (Å²) in [6, 6.07) is 7.76. The van der Waals surface area contributed by atoms with Crippen molar-refractivity contribution in [2.24, 2.45) is 7.05 Å². The van der Waals surface area contributed by atoms with Crippen molar-refractivity contribution in [2.45, 2.75) is 96.8 Å². The summed E-state index contributed by atoms with van der Waals surface area (Å²) in [7, 11) is 1.87. The van der Waals surface area contributed by atoms with E-state index >= 15 is 0 Å². The van der Waals surface area contributed by atoms with Crippen LogP contribution in [0.25, 0.3) is 11.4 Å². The van der Waals surface area contributed by atoms with E-state index in [0.717, 1.165) is 29.9 Å². The highest BCUT2D eigenvalue weighted by Gasteiger charge is 2.06. The Hall–Kier alpha value is -2.43. The van der Waals surface area contributed by atoms with Crippen molar-refractivity contribution in [1.82, 2.24) is 14.8 Å². The second-order valence-corrected chi connectivity index (χ2v) is 8.67. The smallest absolute Gasteiger partial charge is 0.224 e. The molecule has 0 radical (unpaired) electrons. The van der Waals surface area contributed by atoms with Crippen molar-refractivity contribution < 1.29 is 4.79 Å². The minimum atomic E-state index is 0.0917. The van der Waals surface area contributed by atoms with Gasteiger partial charge in [-0.1, -0.05) is 70.4 Å². The number of carbonyl (C=O) groups is 1. The van der Waals surface area contributed by atoms with Gasteiger partial charge in [0.1, 0.15) is 6.33 Å². The predicted molar refractivity (Wildman–Crippen MR) is 135 cm³/mol. The Morgan fingerprint density at radius 2 is 1.47 bits per heavy atom. The van der Waals surface area contributed by atoms with Crippen LogP contribution >= 0.6 is 0 Å². The first-order valence-electron chi connectivity index (χ1n) is 12.6. The summed E-state index contributed by atoms with van der Waals surface area (Å²) in [5.74, 6) is 0.908. The van der Waals surface area contributed by atoms with Gasteiger partial charge in [0.2, 0.25) is 5.91 Å². The number of unbranched alkanes of at least 4 members (excludes halogenated alkanes) is 11. The van der Waals surface area contributed by atoms with E-state index in [9.17, 15) is 4.79 Å². The van der Waals surface area contributed by atoms with E-state index in [4.69, 9.17) is 0 Å². The number of anilines is 1. The summed E-state index contributed by atoms with van der Waals surface area (Å²) in [5, 5.41) is 7.07. The minimum absolute atomic E-state index is 0.0917. The summed E-state index contributed by atoms with van der Waals surface area (Å²) in [4.78, 5) is 16.4. The summed E-state index contributed by atoms with van der Waals surface area (Å²) in [6.07, 6.45) is 23.3. The van der Waals surface area contributed by atoms with Crippen molar-refractivity contribution in [1.29, 1.82) is 0 Å². The van der Waals surface area contributed by atoms with Gasteiger partial charge in [0.15, 0.2) is 5.82 Å². The fourth-order valence-electron chi connectivity index (χ4n) is 3.84. The molecule has 0 spiro atoms. The number of rotatable bonds is 17. The van der Waals surface area contributed by atoms with E-state index < -0.39 is 0 Å². The van der Waals surface area contributed by atoms with Crippen molar-refractivity contribution in [2.75, 3.05) is 5.32 Å². The molecule has 0 aliphatic carbocycles. The van der Waals surface area contributed by atoms with E-state index in [-0.39, 0.29) is 5.91 Å². The molecule has 5 heteroatoms. The molecule has 0 fully saturated rings. The van der Waals surface area contributed by atoms with Gasteiger partial charge in [0.25, 0.3) is 0 Å². The zero-order valence-electron chi connectivity index (χ0n) is 20.2. The maximum absolute atomic E-state index is 12.2. The van der Waals surface area contributed by atoms with E-state index in [0.29, 0.717) is 6.42 Å². The zero-order valence-corrected chi connectivity index (χ0v) is 20.2. The monoisotopic (exact) mass is 438 g/mol. The van der Waals surface area contributed by atoms with Gasteiger partial charge in [0, 0.05) is 24.7 Å². The van der Waals surface area contributed by atoms with Gasteiger partial charge in [-0.3, -0.25) is 4.79 Å². The van der Waals surface area contributed by atoms with E-state index in [1.807, 2.05) is 31.3 Å². The average Bonchev–Trinajstić information content (AvgIpc) is 3.23. The van der Waals surface area contributed by atoms with E-state index in [1.165, 1.54) is 70.6 Å². The van der Waals surface area contributed by atoms with Crippen LogP contribution in [0, 0.1) is 0 Å². The Kier molecular flexibility index (Phi) is 13.1. The molecular weight excluding hydrogens is 396 g/mol. The number of allylic oxidation sites excluding steroid dienone is 2. The molecule has 32 heavy (non-hydrogen) atoms. The van der Waals surface area contributed by atoms with E-state index in [1.54, 1.807) is 11.0 Å². The highest BCUT2D eigenvalue weighted by molar-refractivity contribution is 5.90. The molecule has 0 atom stereocenters. The number of nitrogens with one attached hydrogen (secondary N) is 1. The largest absolute Gasteiger partial charge is 0.326 e. The molecule has 1 heterocycles. The standard InChI is InChI=1S/C27H42N4O/c1-3-4-5-6-7-8-9-10-11-12-13-14-15-16-17-18-26(32)30-25-21-19-24(20-22-25)27-28-23-29-31(27)2/h10-11,19-23H,3-9,12-18H2,1-2H3,(H,30,32)/b11-10-. The van der Waals surface area contributed by atoms with Crippen LogP contribution in [0.3, 0.4) is 0 Å². The van der Waals surface area contributed by atoms with Gasteiger partial charge in [-0.15, -0.1) is 0 Å². The third-order valence-corrected chi connectivity index (χ3v) is 5.80. The first-order valence-corrected chi connectivity index (χ1v) is 12.6. The molecule has 2 aromatic rings. The third kappa shape index (κ3) is 10.7. The highest BCUT2D eigenvalue weighted by atomic mass is 16.1. The summed E-state index contributed by atoms with van der Waals surface area (Å²) in [5.41, 5.74) is 1.81. The number of hydrogen-bond donors (Lipinski definition) is 1. The second kappa shape index (κ2) is 16.2. The van der Waals surface area contributed by atoms with Gasteiger partial charge >= 0.3 is 0 Å². The molecule has 1 aromatic heterocycles. The molecule has 0 saturated carbocycles. The molecule has 1 N–H and O–H groups in total. The van der Waals surface area contributed by atoms with E-state index in [2.05, 4.69) is 34.5 Å². The first kappa shape index (κ1) is 25.8. The van der Waals surface area contributed by atoms with Crippen molar-refractivity contribution in [3.8, 4) is 11.4 Å². The highest BCUT2D eigenvalue weighted by Crippen LogP contribution is 2.19. The molecule has 5 nitrogen and oxygen atoms in total. The number of benzene rings is 1. The normalized spacial score (nSPS) is 11.3. The lowest BCUT2D eigenvalue weighted by Crippen LogP contribution is -2.10. The lowest BCUT2D eigenvalue weighted by atomic mass is 10.1. The van der Waals surface area contributed by atoms with Crippen LogP contribution in [0.4, 0.5) is 5.69 Å². The predicted octanol–water partition coefficient (Wildman–Crippen LogP) is 7.46. The Bertz CT molecular complexity index is 779. The van der Waals surface area contributed by atoms with Gasteiger partial charge in [-0.2, -0.15) is 5.10 Å². The fourth-order valence-corrected chi connectivity index (χ4v) is 3.84. The Morgan fingerprint density at radius 3 is 2.06 bits per heavy atom. The van der Waals surface area contributed by atoms with Crippen LogP contribution in [0.1, 0.15) is 96.8 Å². The van der Waals surface area contributed by atoms with Gasteiger partial charge in [0.05, 0.1) is 0 Å². The quantitative estimate of drug-likeness (QED) is 0.206. The number of hydrogen-bond acceptors (Lipinski definition) is 3. The fraction of sp³-hybridized carbons (Fsp3) is 0.593. The summed E-state index contributed by atoms with van der Waals surface area (Å²) >= 11 is 0. The molecular formula is C27H42N4O. The van der Waals surface area contributed by atoms with Crippen LogP contribution in [0.15, 0.2) is 42.7 Å². The zero-order chi connectivity index (χ0) is 22.9.